The van der Waals surface area contributed by atoms with Crippen LogP contribution in [0.3, 0.4) is 0 Å². The fourth-order valence-electron chi connectivity index (χ4n) is 4.49. The van der Waals surface area contributed by atoms with Crippen LogP contribution >= 0.6 is 11.3 Å². The van der Waals surface area contributed by atoms with E-state index in [1.54, 1.807) is 0 Å². The van der Waals surface area contributed by atoms with Gasteiger partial charge in [-0.2, -0.15) is 0 Å². The number of hydrogen-bond donors (Lipinski definition) is 0. The van der Waals surface area contributed by atoms with Crippen molar-refractivity contribution in [2.75, 3.05) is 0 Å². The number of carbonyl (C=O) groups is 1. The number of thiophene rings is 1. The van der Waals surface area contributed by atoms with Gasteiger partial charge < -0.3 is 0 Å². The van der Waals surface area contributed by atoms with Crippen LogP contribution in [0.5, 0.6) is 0 Å². The monoisotopic (exact) mass is 394 g/mol. The molecule has 0 saturated carbocycles. The summed E-state index contributed by atoms with van der Waals surface area (Å²) < 4.78 is 1.31. The van der Waals surface area contributed by atoms with E-state index in [9.17, 15) is 4.79 Å². The van der Waals surface area contributed by atoms with Crippen LogP contribution in [0.1, 0.15) is 45.6 Å². The van der Waals surface area contributed by atoms with Crippen molar-refractivity contribution in [3.05, 3.63) is 112 Å². The summed E-state index contributed by atoms with van der Waals surface area (Å²) in [6, 6.07) is 28.9. The number of Topliss-reactive ketones (excluding diaryl/α,β-unsaturated/α-hetero) is 1. The maximum absolute atomic E-state index is 13.5. The summed E-state index contributed by atoms with van der Waals surface area (Å²) in [6.45, 7) is 2.20. The third-order valence-electron chi connectivity index (χ3n) is 5.89. The summed E-state index contributed by atoms with van der Waals surface area (Å²) in [7, 11) is 0. The van der Waals surface area contributed by atoms with Crippen molar-refractivity contribution in [1.82, 2.24) is 0 Å². The Morgan fingerprint density at radius 1 is 0.828 bits per heavy atom. The molecule has 0 N–H and O–H groups in total. The highest BCUT2D eigenvalue weighted by Crippen LogP contribution is 2.51. The predicted molar refractivity (Wildman–Crippen MR) is 123 cm³/mol. The van der Waals surface area contributed by atoms with Crippen molar-refractivity contribution in [2.45, 2.75) is 25.7 Å². The molecule has 0 amide bonds. The lowest BCUT2D eigenvalue weighted by Crippen LogP contribution is -2.08. The normalized spacial score (nSPS) is 15.7. The van der Waals surface area contributed by atoms with E-state index in [0.29, 0.717) is 0 Å². The Bertz CT molecular complexity index is 1220. The van der Waals surface area contributed by atoms with Crippen LogP contribution in [0.25, 0.3) is 15.7 Å². The number of fused-ring (bicyclic) bond motifs is 3. The molecule has 0 fully saturated rings. The number of hydrogen-bond acceptors (Lipinski definition) is 2. The van der Waals surface area contributed by atoms with E-state index < -0.39 is 0 Å². The molecule has 5 rings (SSSR count). The second-order valence-electron chi connectivity index (χ2n) is 7.64. The van der Waals surface area contributed by atoms with Crippen molar-refractivity contribution < 1.29 is 4.79 Å². The quantitative estimate of drug-likeness (QED) is 0.325. The first-order valence-electron chi connectivity index (χ1n) is 10.1. The van der Waals surface area contributed by atoms with Crippen LogP contribution in [0.15, 0.2) is 90.5 Å². The highest BCUT2D eigenvalue weighted by Gasteiger charge is 2.35. The fraction of sp³-hybridized carbons (Fsp3) is 0.148. The summed E-state index contributed by atoms with van der Waals surface area (Å²) in [5, 5.41) is 1.30. The molecule has 0 saturated heterocycles. The van der Waals surface area contributed by atoms with E-state index in [2.05, 4.69) is 61.5 Å². The van der Waals surface area contributed by atoms with E-state index >= 15 is 0 Å². The largest absolute Gasteiger partial charge is 0.289 e. The molecule has 142 valence electrons. The maximum atomic E-state index is 13.5. The van der Waals surface area contributed by atoms with E-state index in [0.717, 1.165) is 24.0 Å². The van der Waals surface area contributed by atoms with Gasteiger partial charge in [0, 0.05) is 26.6 Å². The van der Waals surface area contributed by atoms with Crippen LogP contribution in [-0.2, 0) is 6.42 Å². The highest BCUT2D eigenvalue weighted by molar-refractivity contribution is 7.20. The number of aryl methyl sites for hydroxylation is 1. The number of ketones is 1. The maximum Gasteiger partial charge on any atom is 0.189 e. The van der Waals surface area contributed by atoms with Gasteiger partial charge in [0.2, 0.25) is 0 Å². The lowest BCUT2D eigenvalue weighted by Gasteiger charge is -2.13. The summed E-state index contributed by atoms with van der Waals surface area (Å²) in [4.78, 5) is 14.8. The molecule has 1 nitrogen and oxygen atoms in total. The summed E-state index contributed by atoms with van der Waals surface area (Å²) in [5.41, 5.74) is 5.67. The number of benzene rings is 3. The third-order valence-corrected chi connectivity index (χ3v) is 7.13. The molecule has 0 bridgehead atoms. The second kappa shape index (κ2) is 7.46. The topological polar surface area (TPSA) is 17.1 Å². The molecule has 0 spiro atoms. The Balaban J connectivity index is 1.62. The lowest BCUT2D eigenvalue weighted by atomic mass is 9.89. The first-order valence-corrected chi connectivity index (χ1v) is 10.9. The Hall–Kier alpha value is -2.97. The Morgan fingerprint density at radius 3 is 2.24 bits per heavy atom. The molecule has 2 heteroatoms. The molecule has 4 aromatic rings. The van der Waals surface area contributed by atoms with E-state index in [1.807, 2.05) is 41.7 Å². The zero-order chi connectivity index (χ0) is 19.8. The van der Waals surface area contributed by atoms with E-state index in [1.165, 1.54) is 31.7 Å². The van der Waals surface area contributed by atoms with Crippen LogP contribution < -0.4 is 0 Å². The summed E-state index contributed by atoms with van der Waals surface area (Å²) in [6.07, 6.45) is 1.84. The van der Waals surface area contributed by atoms with Gasteiger partial charge in [-0.05, 0) is 41.0 Å². The van der Waals surface area contributed by atoms with Gasteiger partial charge in [0.25, 0.3) is 0 Å². The molecule has 1 aromatic heterocycles. The van der Waals surface area contributed by atoms with Gasteiger partial charge in [0.1, 0.15) is 0 Å². The van der Waals surface area contributed by atoms with Gasteiger partial charge in [-0.15, -0.1) is 11.3 Å². The molecular weight excluding hydrogens is 372 g/mol. The van der Waals surface area contributed by atoms with Crippen LogP contribution in [0.2, 0.25) is 0 Å². The van der Waals surface area contributed by atoms with Crippen molar-refractivity contribution in [1.29, 1.82) is 0 Å². The molecule has 1 aliphatic carbocycles. The minimum Gasteiger partial charge on any atom is -0.289 e. The smallest absolute Gasteiger partial charge is 0.189 e. The Kier molecular flexibility index (Phi) is 4.65. The van der Waals surface area contributed by atoms with Crippen molar-refractivity contribution in [2.24, 2.45) is 0 Å². The molecule has 0 radical (unpaired) electrons. The van der Waals surface area contributed by atoms with E-state index in [-0.39, 0.29) is 11.7 Å². The van der Waals surface area contributed by atoms with Crippen LogP contribution in [-0.4, -0.2) is 5.78 Å². The lowest BCUT2D eigenvalue weighted by molar-refractivity contribution is 0.103. The van der Waals surface area contributed by atoms with Crippen LogP contribution in [0, 0.1) is 0 Å². The molecule has 29 heavy (non-hydrogen) atoms. The standard InChI is InChI=1S/C27H22OS/c1-18-24(26(28)20-12-6-3-7-13-20)22(17-16-19-10-4-2-5-11-19)27-25(18)21-14-8-9-15-23(21)29-27/h2-15,18H,16-17H2,1H3. The average molecular weight is 395 g/mol. The Labute approximate surface area is 175 Å². The highest BCUT2D eigenvalue weighted by atomic mass is 32.1. The zero-order valence-electron chi connectivity index (χ0n) is 16.4. The molecule has 3 aromatic carbocycles. The summed E-state index contributed by atoms with van der Waals surface area (Å²) >= 11 is 1.84. The second-order valence-corrected chi connectivity index (χ2v) is 8.69. The average Bonchev–Trinajstić information content (AvgIpc) is 3.28. The van der Waals surface area contributed by atoms with Gasteiger partial charge in [-0.3, -0.25) is 4.79 Å². The fourth-order valence-corrected chi connectivity index (χ4v) is 5.87. The molecule has 1 unspecified atom stereocenters. The minimum atomic E-state index is 0.125. The van der Waals surface area contributed by atoms with Crippen molar-refractivity contribution in [3.63, 3.8) is 0 Å². The molecule has 1 aliphatic rings. The van der Waals surface area contributed by atoms with Gasteiger partial charge >= 0.3 is 0 Å². The minimum absolute atomic E-state index is 0.125. The third kappa shape index (κ3) is 3.14. The van der Waals surface area contributed by atoms with Gasteiger partial charge in [0.15, 0.2) is 5.78 Å². The predicted octanol–water partition coefficient (Wildman–Crippen LogP) is 7.29. The van der Waals surface area contributed by atoms with Gasteiger partial charge in [-0.1, -0.05) is 85.8 Å². The van der Waals surface area contributed by atoms with Gasteiger partial charge in [0.05, 0.1) is 0 Å². The van der Waals surface area contributed by atoms with Crippen molar-refractivity contribution >= 4 is 32.8 Å². The molecule has 0 aliphatic heterocycles. The zero-order valence-corrected chi connectivity index (χ0v) is 17.2. The van der Waals surface area contributed by atoms with Crippen molar-refractivity contribution in [3.8, 4) is 0 Å². The first kappa shape index (κ1) is 18.1. The van der Waals surface area contributed by atoms with E-state index in [4.69, 9.17) is 0 Å². The molecular formula is C27H22OS. The first-order chi connectivity index (χ1) is 14.2. The Morgan fingerprint density at radius 2 is 1.48 bits per heavy atom. The van der Waals surface area contributed by atoms with Crippen LogP contribution in [0.4, 0.5) is 0 Å². The molecule has 1 atom stereocenters. The number of allylic oxidation sites excluding steroid dienone is 2. The summed E-state index contributed by atoms with van der Waals surface area (Å²) in [5.74, 6) is 0.299. The van der Waals surface area contributed by atoms with Gasteiger partial charge in [-0.25, -0.2) is 0 Å². The number of rotatable bonds is 5. The SMILES string of the molecule is CC1C(C(=O)c2ccccc2)=C(CCc2ccccc2)c2sc3ccccc3c21. The molecule has 1 heterocycles. The number of carbonyl (C=O) groups excluding carboxylic acids is 1.